The molecule has 7 heteroatoms. The smallest absolute Gasteiger partial charge is 0.254 e. The lowest BCUT2D eigenvalue weighted by atomic mass is 9.94. The molecular formula is C19H19N3O4. The van der Waals surface area contributed by atoms with Gasteiger partial charge in [0.25, 0.3) is 5.88 Å². The Bertz CT molecular complexity index is 944. The van der Waals surface area contributed by atoms with E-state index in [2.05, 4.69) is 27.4 Å². The molecule has 26 heavy (non-hydrogen) atoms. The fraction of sp³-hybridized carbons (Fsp3) is 0.368. The van der Waals surface area contributed by atoms with Crippen molar-refractivity contribution in [3.8, 4) is 17.3 Å². The number of ketones is 1. The number of methoxy groups -OCH3 is 1. The molecule has 0 N–H and O–H groups in total. The van der Waals surface area contributed by atoms with E-state index in [1.165, 1.54) is 24.3 Å². The molecule has 0 saturated carbocycles. The Balaban J connectivity index is 1.51. The van der Waals surface area contributed by atoms with Crippen LogP contribution in [0.25, 0.3) is 11.4 Å². The molecule has 0 unspecified atom stereocenters. The van der Waals surface area contributed by atoms with Gasteiger partial charge in [0.2, 0.25) is 23.3 Å². The van der Waals surface area contributed by atoms with Crippen molar-refractivity contribution in [2.24, 2.45) is 0 Å². The summed E-state index contributed by atoms with van der Waals surface area (Å²) in [7, 11) is 1.49. The minimum absolute atomic E-state index is 0.0616. The summed E-state index contributed by atoms with van der Waals surface area (Å²) in [6, 6.07) is 7.69. The summed E-state index contributed by atoms with van der Waals surface area (Å²) in [5.74, 6) is 1.92. The Morgan fingerprint density at radius 1 is 1.27 bits per heavy atom. The molecule has 0 amide bonds. The number of benzene rings is 1. The molecular weight excluding hydrogens is 334 g/mol. The molecule has 7 nitrogen and oxygen atoms in total. The molecule has 3 aromatic rings. The van der Waals surface area contributed by atoms with E-state index in [0.717, 1.165) is 18.4 Å². The van der Waals surface area contributed by atoms with Gasteiger partial charge in [-0.05, 0) is 41.1 Å². The van der Waals surface area contributed by atoms with Gasteiger partial charge in [0.15, 0.2) is 0 Å². The lowest BCUT2D eigenvalue weighted by molar-refractivity contribution is 0.0937. The average Bonchev–Trinajstić information content (AvgIpc) is 3.40. The standard InChI is InChI=1S/C19H19N3O4/c1-3-17-20-19(22-26-17)13-6-7-14-11(8-13)4-5-12(14)9-15(23)16-10-18(24-2)21-25-16/h6-8,10,12H,3-5,9H2,1-2H3/t12-/m0/s1. The van der Waals surface area contributed by atoms with Gasteiger partial charge >= 0.3 is 0 Å². The van der Waals surface area contributed by atoms with Crippen LogP contribution in [0.2, 0.25) is 0 Å². The predicted molar refractivity (Wildman–Crippen MR) is 92.2 cm³/mol. The van der Waals surface area contributed by atoms with Crippen LogP contribution in [0.5, 0.6) is 5.88 Å². The van der Waals surface area contributed by atoms with E-state index in [-0.39, 0.29) is 17.5 Å². The fourth-order valence-electron chi connectivity index (χ4n) is 3.38. The van der Waals surface area contributed by atoms with Crippen molar-refractivity contribution in [1.82, 2.24) is 15.3 Å². The molecule has 0 spiro atoms. The van der Waals surface area contributed by atoms with Gasteiger partial charge in [0.05, 0.1) is 13.2 Å². The summed E-state index contributed by atoms with van der Waals surface area (Å²) < 4.78 is 15.2. The van der Waals surface area contributed by atoms with Crippen molar-refractivity contribution in [2.75, 3.05) is 7.11 Å². The van der Waals surface area contributed by atoms with E-state index < -0.39 is 0 Å². The molecule has 0 bridgehead atoms. The molecule has 1 aliphatic carbocycles. The van der Waals surface area contributed by atoms with Gasteiger partial charge in [-0.15, -0.1) is 0 Å². The van der Waals surface area contributed by atoms with Gasteiger partial charge in [-0.25, -0.2) is 0 Å². The van der Waals surface area contributed by atoms with E-state index >= 15 is 0 Å². The topological polar surface area (TPSA) is 91.2 Å². The van der Waals surface area contributed by atoms with Gasteiger partial charge in [-0.1, -0.05) is 24.2 Å². The highest BCUT2D eigenvalue weighted by Crippen LogP contribution is 2.38. The van der Waals surface area contributed by atoms with Crippen LogP contribution in [0.4, 0.5) is 0 Å². The van der Waals surface area contributed by atoms with E-state index in [9.17, 15) is 4.79 Å². The third-order valence-corrected chi connectivity index (χ3v) is 4.78. The van der Waals surface area contributed by atoms with Crippen LogP contribution in [0, 0.1) is 0 Å². The Morgan fingerprint density at radius 2 is 2.15 bits per heavy atom. The second-order valence-electron chi connectivity index (χ2n) is 6.38. The van der Waals surface area contributed by atoms with E-state index in [4.69, 9.17) is 13.8 Å². The normalized spacial score (nSPS) is 15.8. The SMILES string of the molecule is CCc1nc(-c2ccc3c(c2)CC[C@H]3CC(=O)c2cc(OC)no2)no1. The van der Waals surface area contributed by atoms with Gasteiger partial charge < -0.3 is 13.8 Å². The monoisotopic (exact) mass is 353 g/mol. The van der Waals surface area contributed by atoms with E-state index in [0.29, 0.717) is 30.4 Å². The zero-order valence-electron chi connectivity index (χ0n) is 14.7. The van der Waals surface area contributed by atoms with E-state index in [1.807, 2.05) is 13.0 Å². The van der Waals surface area contributed by atoms with Crippen molar-refractivity contribution >= 4 is 5.78 Å². The first-order valence-electron chi connectivity index (χ1n) is 8.67. The van der Waals surface area contributed by atoms with E-state index in [1.54, 1.807) is 0 Å². The summed E-state index contributed by atoms with van der Waals surface area (Å²) in [6.45, 7) is 1.98. The maximum Gasteiger partial charge on any atom is 0.254 e. The number of aryl methyl sites for hydroxylation is 2. The van der Waals surface area contributed by atoms with Gasteiger partial charge in [-0.2, -0.15) is 4.98 Å². The minimum atomic E-state index is -0.0616. The molecule has 1 aliphatic rings. The third kappa shape index (κ3) is 3.00. The lowest BCUT2D eigenvalue weighted by Crippen LogP contribution is -2.04. The number of nitrogens with zero attached hydrogens (tertiary/aromatic N) is 3. The fourth-order valence-corrected chi connectivity index (χ4v) is 3.38. The lowest BCUT2D eigenvalue weighted by Gasteiger charge is -2.10. The molecule has 1 aromatic carbocycles. The van der Waals surface area contributed by atoms with Crippen LogP contribution in [0.3, 0.4) is 0 Å². The van der Waals surface area contributed by atoms with Crippen LogP contribution in [0.15, 0.2) is 33.3 Å². The van der Waals surface area contributed by atoms with Crippen LogP contribution in [-0.2, 0) is 12.8 Å². The molecule has 1 atom stereocenters. The first-order valence-corrected chi connectivity index (χ1v) is 8.67. The highest BCUT2D eigenvalue weighted by Gasteiger charge is 2.27. The van der Waals surface area contributed by atoms with Crippen molar-refractivity contribution < 1.29 is 18.6 Å². The van der Waals surface area contributed by atoms with Crippen molar-refractivity contribution in [1.29, 1.82) is 0 Å². The summed E-state index contributed by atoms with van der Waals surface area (Å²) in [5.41, 5.74) is 3.38. The Labute approximate surface area is 150 Å². The molecule has 134 valence electrons. The quantitative estimate of drug-likeness (QED) is 0.625. The summed E-state index contributed by atoms with van der Waals surface area (Å²) in [4.78, 5) is 16.8. The van der Waals surface area contributed by atoms with Crippen molar-refractivity contribution in [3.05, 3.63) is 47.0 Å². The van der Waals surface area contributed by atoms with Gasteiger partial charge in [0, 0.05) is 18.4 Å². The molecule has 2 heterocycles. The highest BCUT2D eigenvalue weighted by molar-refractivity contribution is 5.94. The summed E-state index contributed by atoms with van der Waals surface area (Å²) in [6.07, 6.45) is 2.98. The molecule has 0 radical (unpaired) electrons. The third-order valence-electron chi connectivity index (χ3n) is 4.78. The molecule has 0 saturated heterocycles. The second kappa shape index (κ2) is 6.74. The number of carbonyl (C=O) groups excluding carboxylic acids is 1. The molecule has 4 rings (SSSR count). The second-order valence-corrected chi connectivity index (χ2v) is 6.38. The number of hydrogen-bond acceptors (Lipinski definition) is 7. The first kappa shape index (κ1) is 16.5. The zero-order valence-corrected chi connectivity index (χ0v) is 14.7. The Kier molecular flexibility index (Phi) is 4.28. The number of rotatable bonds is 6. The Morgan fingerprint density at radius 3 is 2.88 bits per heavy atom. The number of fused-ring (bicyclic) bond motifs is 1. The predicted octanol–water partition coefficient (Wildman–Crippen LogP) is 3.60. The molecule has 0 aliphatic heterocycles. The van der Waals surface area contributed by atoms with Crippen LogP contribution in [-0.4, -0.2) is 28.2 Å². The first-order chi connectivity index (χ1) is 12.7. The van der Waals surface area contributed by atoms with Crippen molar-refractivity contribution in [3.63, 3.8) is 0 Å². The number of hydrogen-bond donors (Lipinski definition) is 0. The Hall–Kier alpha value is -2.96. The number of carbonyl (C=O) groups is 1. The van der Waals surface area contributed by atoms with Crippen LogP contribution >= 0.6 is 0 Å². The number of ether oxygens (including phenoxy) is 1. The summed E-state index contributed by atoms with van der Waals surface area (Å²) in [5, 5.41) is 7.72. The average molecular weight is 353 g/mol. The van der Waals surface area contributed by atoms with Gasteiger partial charge in [-0.3, -0.25) is 4.79 Å². The highest BCUT2D eigenvalue weighted by atomic mass is 16.5. The number of aromatic nitrogens is 3. The maximum atomic E-state index is 12.4. The minimum Gasteiger partial charge on any atom is -0.479 e. The van der Waals surface area contributed by atoms with Crippen LogP contribution < -0.4 is 4.74 Å². The van der Waals surface area contributed by atoms with Gasteiger partial charge in [0.1, 0.15) is 0 Å². The molecule has 2 aromatic heterocycles. The summed E-state index contributed by atoms with van der Waals surface area (Å²) >= 11 is 0. The van der Waals surface area contributed by atoms with Crippen LogP contribution in [0.1, 0.15) is 53.3 Å². The number of Topliss-reactive ketones (excluding diaryl/α,β-unsaturated/α-hetero) is 1. The largest absolute Gasteiger partial charge is 0.479 e. The van der Waals surface area contributed by atoms with Crippen molar-refractivity contribution in [2.45, 2.75) is 38.5 Å². The zero-order chi connectivity index (χ0) is 18.1. The molecule has 0 fully saturated rings. The maximum absolute atomic E-state index is 12.4.